The molecule has 0 bridgehead atoms. The van der Waals surface area contributed by atoms with Gasteiger partial charge in [-0.25, -0.2) is 0 Å². The highest BCUT2D eigenvalue weighted by Gasteiger charge is 2.23. The summed E-state index contributed by atoms with van der Waals surface area (Å²) in [6.45, 7) is 2.05. The minimum Gasteiger partial charge on any atom is -0.302 e. The molecule has 1 aromatic carbocycles. The Balaban J connectivity index is 1.89. The number of aromatic nitrogens is 1. The van der Waals surface area contributed by atoms with Gasteiger partial charge < -0.3 is 4.90 Å². The van der Waals surface area contributed by atoms with E-state index in [9.17, 15) is 0 Å². The van der Waals surface area contributed by atoms with Crippen LogP contribution in [0.3, 0.4) is 0 Å². The van der Waals surface area contributed by atoms with Gasteiger partial charge in [0.2, 0.25) is 0 Å². The lowest BCUT2D eigenvalue weighted by Crippen LogP contribution is -2.26. The van der Waals surface area contributed by atoms with Crippen LogP contribution < -0.4 is 0 Å². The van der Waals surface area contributed by atoms with Crippen LogP contribution in [0.5, 0.6) is 0 Å². The third kappa shape index (κ3) is 2.34. The standard InChI is InChI=1S/C18H15ClN2S/c1-20-9-8-15-14(12-20)18-16(11-17(19)22-18)21(15)10-7-13-5-3-2-4-6-13/h2-6,11H,8-9,12H2,1H3. The minimum atomic E-state index is 0.830. The zero-order valence-electron chi connectivity index (χ0n) is 12.3. The fourth-order valence-electron chi connectivity index (χ4n) is 2.99. The first-order valence-corrected chi connectivity index (χ1v) is 8.49. The molecule has 110 valence electrons. The lowest BCUT2D eigenvalue weighted by Gasteiger charge is -2.23. The number of nitrogens with zero attached hydrogens (tertiary/aromatic N) is 2. The average Bonchev–Trinajstić information content (AvgIpc) is 3.02. The van der Waals surface area contributed by atoms with Gasteiger partial charge in [0.15, 0.2) is 0 Å². The Bertz CT molecular complexity index is 896. The molecule has 1 aliphatic heterocycles. The number of thiophene rings is 1. The summed E-state index contributed by atoms with van der Waals surface area (Å²) in [5.41, 5.74) is 4.92. The van der Waals surface area contributed by atoms with E-state index in [1.165, 1.54) is 16.0 Å². The summed E-state index contributed by atoms with van der Waals surface area (Å²) in [5, 5.41) is 0. The zero-order chi connectivity index (χ0) is 15.1. The van der Waals surface area contributed by atoms with Crippen LogP contribution in [0.1, 0.15) is 16.8 Å². The predicted octanol–water partition coefficient (Wildman–Crippen LogP) is 4.20. The first-order chi connectivity index (χ1) is 10.7. The summed E-state index contributed by atoms with van der Waals surface area (Å²) in [4.78, 5) is 2.35. The normalized spacial score (nSPS) is 14.6. The molecule has 1 aliphatic rings. The SMILES string of the molecule is CN1CCc2c(c3sc(Cl)cc3n2C#Cc2ccccc2)C1. The number of rotatable bonds is 0. The van der Waals surface area contributed by atoms with E-state index in [4.69, 9.17) is 11.6 Å². The van der Waals surface area contributed by atoms with Crippen LogP contribution in [0.15, 0.2) is 36.4 Å². The minimum absolute atomic E-state index is 0.830. The Morgan fingerprint density at radius 1 is 1.23 bits per heavy atom. The summed E-state index contributed by atoms with van der Waals surface area (Å²) in [7, 11) is 2.16. The highest BCUT2D eigenvalue weighted by atomic mass is 35.5. The second kappa shape index (κ2) is 5.48. The number of likely N-dealkylation sites (N-methyl/N-ethyl adjacent to an activating group) is 1. The Morgan fingerprint density at radius 2 is 2.05 bits per heavy atom. The van der Waals surface area contributed by atoms with E-state index in [1.807, 2.05) is 36.4 Å². The maximum absolute atomic E-state index is 6.24. The quantitative estimate of drug-likeness (QED) is 0.562. The van der Waals surface area contributed by atoms with Crippen LogP contribution in [0.25, 0.3) is 10.2 Å². The van der Waals surface area contributed by atoms with Crippen LogP contribution in [0.4, 0.5) is 0 Å². The molecular formula is C18H15ClN2S. The molecule has 0 N–H and O–H groups in total. The van der Waals surface area contributed by atoms with Crippen molar-refractivity contribution < 1.29 is 0 Å². The van der Waals surface area contributed by atoms with Crippen molar-refractivity contribution in [2.24, 2.45) is 0 Å². The number of halogens is 1. The summed E-state index contributed by atoms with van der Waals surface area (Å²) in [6, 6.07) is 15.5. The molecule has 0 saturated heterocycles. The average molecular weight is 327 g/mol. The van der Waals surface area contributed by atoms with Crippen molar-refractivity contribution in [3.05, 3.63) is 57.6 Å². The molecule has 3 aromatic rings. The fourth-order valence-corrected chi connectivity index (χ4v) is 4.25. The molecular weight excluding hydrogens is 312 g/mol. The zero-order valence-corrected chi connectivity index (χ0v) is 13.8. The van der Waals surface area contributed by atoms with E-state index < -0.39 is 0 Å². The van der Waals surface area contributed by atoms with Gasteiger partial charge in [-0.05, 0) is 31.2 Å². The summed E-state index contributed by atoms with van der Waals surface area (Å²) in [5.74, 6) is 3.27. The van der Waals surface area contributed by atoms with Gasteiger partial charge in [-0.3, -0.25) is 4.57 Å². The molecule has 4 rings (SSSR count). The van der Waals surface area contributed by atoms with Crippen molar-refractivity contribution >= 4 is 33.2 Å². The number of hydrogen-bond donors (Lipinski definition) is 0. The monoisotopic (exact) mass is 326 g/mol. The Labute approximate surface area is 138 Å². The third-order valence-corrected chi connectivity index (χ3v) is 5.37. The molecule has 0 spiro atoms. The molecule has 0 atom stereocenters. The van der Waals surface area contributed by atoms with Gasteiger partial charge in [0.1, 0.15) is 0 Å². The van der Waals surface area contributed by atoms with Crippen molar-refractivity contribution in [1.29, 1.82) is 0 Å². The first kappa shape index (κ1) is 13.9. The predicted molar refractivity (Wildman–Crippen MR) is 93.6 cm³/mol. The van der Waals surface area contributed by atoms with E-state index in [1.54, 1.807) is 11.3 Å². The number of hydrogen-bond acceptors (Lipinski definition) is 2. The first-order valence-electron chi connectivity index (χ1n) is 7.29. The van der Waals surface area contributed by atoms with Gasteiger partial charge in [0, 0.05) is 42.4 Å². The highest BCUT2D eigenvalue weighted by Crippen LogP contribution is 2.37. The van der Waals surface area contributed by atoms with Crippen LogP contribution in [0.2, 0.25) is 4.34 Å². The lowest BCUT2D eigenvalue weighted by molar-refractivity contribution is 0.312. The van der Waals surface area contributed by atoms with Crippen LogP contribution in [-0.4, -0.2) is 23.1 Å². The van der Waals surface area contributed by atoms with Crippen molar-refractivity contribution in [3.63, 3.8) is 0 Å². The van der Waals surface area contributed by atoms with Crippen molar-refractivity contribution in [2.75, 3.05) is 13.6 Å². The Hall–Kier alpha value is -1.73. The molecule has 0 unspecified atom stereocenters. The maximum atomic E-state index is 6.24. The molecule has 3 heterocycles. The molecule has 0 aliphatic carbocycles. The van der Waals surface area contributed by atoms with Crippen LogP contribution >= 0.6 is 22.9 Å². The smallest absolute Gasteiger partial charge is 0.0956 e. The molecule has 0 fully saturated rings. The van der Waals surface area contributed by atoms with E-state index >= 15 is 0 Å². The van der Waals surface area contributed by atoms with Crippen molar-refractivity contribution in [2.45, 2.75) is 13.0 Å². The van der Waals surface area contributed by atoms with E-state index in [-0.39, 0.29) is 0 Å². The largest absolute Gasteiger partial charge is 0.302 e. The van der Waals surface area contributed by atoms with Gasteiger partial charge in [-0.1, -0.05) is 29.8 Å². The Kier molecular flexibility index (Phi) is 3.46. The van der Waals surface area contributed by atoms with Gasteiger partial charge in [-0.15, -0.1) is 11.3 Å². The molecule has 0 amide bonds. The molecule has 2 nitrogen and oxygen atoms in total. The number of fused-ring (bicyclic) bond motifs is 3. The van der Waals surface area contributed by atoms with Crippen molar-refractivity contribution in [1.82, 2.24) is 9.47 Å². The summed E-state index contributed by atoms with van der Waals surface area (Å²) in [6.07, 6.45) is 1.04. The van der Waals surface area contributed by atoms with Gasteiger partial charge >= 0.3 is 0 Å². The number of benzene rings is 1. The second-order valence-electron chi connectivity index (χ2n) is 5.62. The second-order valence-corrected chi connectivity index (χ2v) is 7.30. The topological polar surface area (TPSA) is 8.17 Å². The molecule has 0 saturated carbocycles. The molecule has 2 aromatic heterocycles. The fraction of sp³-hybridized carbons (Fsp3) is 0.222. The van der Waals surface area contributed by atoms with Gasteiger partial charge in [-0.2, -0.15) is 0 Å². The Morgan fingerprint density at radius 3 is 2.86 bits per heavy atom. The van der Waals surface area contributed by atoms with Gasteiger partial charge in [0.05, 0.1) is 14.6 Å². The van der Waals surface area contributed by atoms with Crippen LogP contribution in [-0.2, 0) is 13.0 Å². The van der Waals surface area contributed by atoms with Gasteiger partial charge in [0.25, 0.3) is 0 Å². The molecule has 4 heteroatoms. The van der Waals surface area contributed by atoms with Crippen molar-refractivity contribution in [3.8, 4) is 12.0 Å². The lowest BCUT2D eigenvalue weighted by atomic mass is 10.1. The third-order valence-electron chi connectivity index (χ3n) is 4.06. The summed E-state index contributed by atoms with van der Waals surface area (Å²) >= 11 is 7.90. The van der Waals surface area contributed by atoms with Crippen LogP contribution in [0, 0.1) is 12.0 Å². The van der Waals surface area contributed by atoms with E-state index in [2.05, 4.69) is 28.5 Å². The maximum Gasteiger partial charge on any atom is 0.0956 e. The summed E-state index contributed by atoms with van der Waals surface area (Å²) < 4.78 is 4.26. The molecule has 0 radical (unpaired) electrons. The highest BCUT2D eigenvalue weighted by molar-refractivity contribution is 7.22. The van der Waals surface area contributed by atoms with E-state index in [0.717, 1.165) is 34.9 Å². The van der Waals surface area contributed by atoms with E-state index in [0.29, 0.717) is 0 Å². The molecule has 22 heavy (non-hydrogen) atoms.